The Balaban J connectivity index is 3.02. The zero-order valence-electron chi connectivity index (χ0n) is 13.6. The van der Waals surface area contributed by atoms with E-state index < -0.39 is 0 Å². The van der Waals surface area contributed by atoms with E-state index in [-0.39, 0.29) is 11.6 Å². The molecule has 0 saturated heterocycles. The minimum Gasteiger partial charge on any atom is -0.374 e. The van der Waals surface area contributed by atoms with Gasteiger partial charge in [0.2, 0.25) is 0 Å². The number of nitrogens with one attached hydrogen (secondary N) is 1. The predicted octanol–water partition coefficient (Wildman–Crippen LogP) is 3.11. The maximum atomic E-state index is 6.36. The van der Waals surface area contributed by atoms with Crippen LogP contribution in [0.1, 0.15) is 45.4 Å². The van der Waals surface area contributed by atoms with Crippen molar-refractivity contribution < 1.29 is 4.74 Å². The van der Waals surface area contributed by atoms with Crippen LogP contribution in [0.25, 0.3) is 0 Å². The molecule has 5 heteroatoms. The molecule has 1 heterocycles. The quantitative estimate of drug-likeness (QED) is 0.802. The van der Waals surface area contributed by atoms with E-state index in [1.54, 1.807) is 4.68 Å². The van der Waals surface area contributed by atoms with Gasteiger partial charge in [-0.1, -0.05) is 25.4 Å². The van der Waals surface area contributed by atoms with Crippen LogP contribution >= 0.6 is 11.6 Å². The summed E-state index contributed by atoms with van der Waals surface area (Å²) < 4.78 is 7.75. The highest BCUT2D eigenvalue weighted by Crippen LogP contribution is 2.27. The lowest BCUT2D eigenvalue weighted by molar-refractivity contribution is -0.0547. The molecule has 0 saturated carbocycles. The molecule has 2 unspecified atom stereocenters. The minimum atomic E-state index is -0.198. The first kappa shape index (κ1) is 17.5. The fraction of sp³-hybridized carbons (Fsp3) is 0.800. The molecule has 0 aliphatic rings. The highest BCUT2D eigenvalue weighted by atomic mass is 35.5. The molecular formula is C15H28ClN3O. The van der Waals surface area contributed by atoms with Crippen LogP contribution in [0.3, 0.4) is 0 Å². The molecule has 4 nitrogen and oxygen atoms in total. The average molecular weight is 302 g/mol. The van der Waals surface area contributed by atoms with E-state index >= 15 is 0 Å². The van der Waals surface area contributed by atoms with Crippen LogP contribution in [0.15, 0.2) is 0 Å². The molecule has 0 spiro atoms. The average Bonchev–Trinajstić information content (AvgIpc) is 2.64. The Morgan fingerprint density at radius 2 is 2.05 bits per heavy atom. The van der Waals surface area contributed by atoms with Crippen molar-refractivity contribution in [2.45, 2.75) is 59.1 Å². The number of aryl methyl sites for hydroxylation is 2. The van der Waals surface area contributed by atoms with Gasteiger partial charge in [0, 0.05) is 25.3 Å². The van der Waals surface area contributed by atoms with E-state index in [0.717, 1.165) is 35.8 Å². The largest absolute Gasteiger partial charge is 0.374 e. The summed E-state index contributed by atoms with van der Waals surface area (Å²) in [5.41, 5.74) is 1.91. The third-order valence-electron chi connectivity index (χ3n) is 4.04. The highest BCUT2D eigenvalue weighted by Gasteiger charge is 2.34. The molecular weight excluding hydrogens is 274 g/mol. The third-order valence-corrected chi connectivity index (χ3v) is 4.51. The molecule has 1 aromatic rings. The standard InChI is InChI=1S/C15H28ClN3O/c1-7-15(5,20-9-3)13(17-8-2)10-12-11(4)18-19(6)14(12)16/h13,17H,7-10H2,1-6H3. The van der Waals surface area contributed by atoms with Crippen molar-refractivity contribution >= 4 is 11.6 Å². The van der Waals surface area contributed by atoms with Gasteiger partial charge in [0.05, 0.1) is 11.3 Å². The second kappa shape index (κ2) is 7.43. The molecule has 0 bridgehead atoms. The van der Waals surface area contributed by atoms with Crippen molar-refractivity contribution in [1.29, 1.82) is 0 Å². The number of rotatable bonds is 8. The highest BCUT2D eigenvalue weighted by molar-refractivity contribution is 6.30. The van der Waals surface area contributed by atoms with Crippen LogP contribution in [0.5, 0.6) is 0 Å². The second-order valence-corrected chi connectivity index (χ2v) is 5.75. The molecule has 0 aromatic carbocycles. The normalized spacial score (nSPS) is 16.1. The summed E-state index contributed by atoms with van der Waals surface area (Å²) in [6, 6.07) is 0.220. The SMILES string of the molecule is CCNC(Cc1c(C)nn(C)c1Cl)C(C)(CC)OCC. The van der Waals surface area contributed by atoms with Crippen LogP contribution < -0.4 is 5.32 Å². The summed E-state index contributed by atoms with van der Waals surface area (Å²) >= 11 is 6.36. The third kappa shape index (κ3) is 3.74. The van der Waals surface area contributed by atoms with Crippen molar-refractivity contribution in [2.75, 3.05) is 13.2 Å². The molecule has 0 amide bonds. The molecule has 0 aliphatic heterocycles. The van der Waals surface area contributed by atoms with Crippen LogP contribution in [0, 0.1) is 6.92 Å². The fourth-order valence-electron chi connectivity index (χ4n) is 2.64. The molecule has 1 aromatic heterocycles. The first-order chi connectivity index (χ1) is 9.39. The molecule has 1 N–H and O–H groups in total. The zero-order chi connectivity index (χ0) is 15.3. The number of nitrogens with zero attached hydrogens (tertiary/aromatic N) is 2. The van der Waals surface area contributed by atoms with Crippen LogP contribution in [0.4, 0.5) is 0 Å². The number of likely N-dealkylation sites (N-methyl/N-ethyl adjacent to an activating group) is 1. The van der Waals surface area contributed by atoms with Crippen molar-refractivity contribution in [1.82, 2.24) is 15.1 Å². The van der Waals surface area contributed by atoms with Gasteiger partial charge in [-0.3, -0.25) is 4.68 Å². The summed E-state index contributed by atoms with van der Waals surface area (Å²) in [5.74, 6) is 0. The number of hydrogen-bond acceptors (Lipinski definition) is 3. The maximum Gasteiger partial charge on any atom is 0.130 e. The molecule has 0 radical (unpaired) electrons. The van der Waals surface area contributed by atoms with Gasteiger partial charge in [0.15, 0.2) is 0 Å². The van der Waals surface area contributed by atoms with Gasteiger partial charge in [-0.2, -0.15) is 5.10 Å². The smallest absolute Gasteiger partial charge is 0.130 e. The van der Waals surface area contributed by atoms with Crippen molar-refractivity contribution in [3.63, 3.8) is 0 Å². The second-order valence-electron chi connectivity index (χ2n) is 5.39. The first-order valence-electron chi connectivity index (χ1n) is 7.44. The number of aromatic nitrogens is 2. The lowest BCUT2D eigenvalue weighted by Gasteiger charge is -2.37. The summed E-state index contributed by atoms with van der Waals surface area (Å²) in [6.45, 7) is 12.1. The monoisotopic (exact) mass is 301 g/mol. The van der Waals surface area contributed by atoms with Gasteiger partial charge in [-0.15, -0.1) is 0 Å². The van der Waals surface area contributed by atoms with Gasteiger partial charge in [-0.25, -0.2) is 0 Å². The Labute approximate surface area is 127 Å². The molecule has 1 rings (SSSR count). The van der Waals surface area contributed by atoms with Crippen molar-refractivity contribution in [3.05, 3.63) is 16.4 Å². The van der Waals surface area contributed by atoms with Crippen LogP contribution in [0.2, 0.25) is 5.15 Å². The lowest BCUT2D eigenvalue weighted by Crippen LogP contribution is -2.51. The van der Waals surface area contributed by atoms with E-state index in [1.807, 2.05) is 20.9 Å². The van der Waals surface area contributed by atoms with Gasteiger partial charge in [-0.05, 0) is 40.2 Å². The van der Waals surface area contributed by atoms with Crippen LogP contribution in [-0.4, -0.2) is 34.6 Å². The summed E-state index contributed by atoms with van der Waals surface area (Å²) in [6.07, 6.45) is 1.78. The number of ether oxygens (including phenoxy) is 1. The molecule has 116 valence electrons. The topological polar surface area (TPSA) is 39.1 Å². The van der Waals surface area contributed by atoms with E-state index in [0.29, 0.717) is 6.61 Å². The number of hydrogen-bond donors (Lipinski definition) is 1. The Morgan fingerprint density at radius 3 is 2.45 bits per heavy atom. The summed E-state index contributed by atoms with van der Waals surface area (Å²) in [5, 5.41) is 8.67. The van der Waals surface area contributed by atoms with E-state index in [4.69, 9.17) is 16.3 Å². The fourth-order valence-corrected chi connectivity index (χ4v) is 2.89. The first-order valence-corrected chi connectivity index (χ1v) is 7.82. The summed E-state index contributed by atoms with van der Waals surface area (Å²) in [4.78, 5) is 0. The van der Waals surface area contributed by atoms with Crippen LogP contribution in [-0.2, 0) is 18.2 Å². The Bertz CT molecular complexity index is 433. The Kier molecular flexibility index (Phi) is 6.49. The van der Waals surface area contributed by atoms with E-state index in [1.165, 1.54) is 0 Å². The lowest BCUT2D eigenvalue weighted by atomic mass is 9.88. The summed E-state index contributed by atoms with van der Waals surface area (Å²) in [7, 11) is 1.88. The number of halogens is 1. The molecule has 20 heavy (non-hydrogen) atoms. The molecule has 2 atom stereocenters. The van der Waals surface area contributed by atoms with Crippen molar-refractivity contribution in [3.8, 4) is 0 Å². The van der Waals surface area contributed by atoms with E-state index in [9.17, 15) is 0 Å². The van der Waals surface area contributed by atoms with Crippen molar-refractivity contribution in [2.24, 2.45) is 7.05 Å². The maximum absolute atomic E-state index is 6.36. The van der Waals surface area contributed by atoms with Gasteiger partial charge < -0.3 is 10.1 Å². The van der Waals surface area contributed by atoms with Gasteiger partial charge >= 0.3 is 0 Å². The minimum absolute atomic E-state index is 0.198. The Morgan fingerprint density at radius 1 is 1.40 bits per heavy atom. The van der Waals surface area contributed by atoms with Gasteiger partial charge in [0.1, 0.15) is 5.15 Å². The molecule has 0 aliphatic carbocycles. The predicted molar refractivity (Wildman–Crippen MR) is 84.4 cm³/mol. The zero-order valence-corrected chi connectivity index (χ0v) is 14.3. The molecule has 0 fully saturated rings. The van der Waals surface area contributed by atoms with Gasteiger partial charge in [0.25, 0.3) is 0 Å². The Hall–Kier alpha value is -0.580. The van der Waals surface area contributed by atoms with E-state index in [2.05, 4.69) is 31.2 Å².